The van der Waals surface area contributed by atoms with Crippen molar-refractivity contribution in [3.8, 4) is 0 Å². The quantitative estimate of drug-likeness (QED) is 0.613. The molecule has 0 aromatic heterocycles. The summed E-state index contributed by atoms with van der Waals surface area (Å²) in [5.41, 5.74) is 0.172. The maximum Gasteiger partial charge on any atom is 0.418 e. The topological polar surface area (TPSA) is 87.7 Å². The molecule has 29 heavy (non-hydrogen) atoms. The molecule has 0 saturated carbocycles. The molecule has 0 aliphatic carbocycles. The van der Waals surface area contributed by atoms with Gasteiger partial charge in [-0.05, 0) is 24.6 Å². The SMILES string of the molecule is Cc1ccc([C@@H](CNC(=O)C(=O)Nc2ccccc2C(F)(F)F)OCCO)cc1. The molecule has 3 N–H and O–H groups in total. The zero-order chi connectivity index (χ0) is 21.4. The third kappa shape index (κ3) is 6.58. The number of amides is 2. The number of halogens is 3. The number of rotatable bonds is 7. The molecule has 0 radical (unpaired) electrons. The van der Waals surface area contributed by atoms with Gasteiger partial charge in [0.25, 0.3) is 0 Å². The number of nitrogens with one attached hydrogen (secondary N) is 2. The van der Waals surface area contributed by atoms with Crippen molar-refractivity contribution in [3.05, 3.63) is 65.2 Å². The number of carbonyl (C=O) groups is 2. The van der Waals surface area contributed by atoms with E-state index in [2.05, 4.69) is 5.32 Å². The van der Waals surface area contributed by atoms with Gasteiger partial charge in [-0.15, -0.1) is 0 Å². The van der Waals surface area contributed by atoms with Crippen molar-refractivity contribution in [1.82, 2.24) is 5.32 Å². The van der Waals surface area contributed by atoms with Crippen LogP contribution in [0.1, 0.15) is 22.8 Å². The van der Waals surface area contributed by atoms with E-state index in [1.54, 1.807) is 12.1 Å². The average Bonchev–Trinajstić information content (AvgIpc) is 2.68. The van der Waals surface area contributed by atoms with Crippen molar-refractivity contribution in [1.29, 1.82) is 0 Å². The van der Waals surface area contributed by atoms with Gasteiger partial charge < -0.3 is 20.5 Å². The lowest BCUT2D eigenvalue weighted by atomic mass is 10.1. The second-order valence-corrected chi connectivity index (χ2v) is 6.20. The van der Waals surface area contributed by atoms with Crippen LogP contribution in [0.4, 0.5) is 18.9 Å². The van der Waals surface area contributed by atoms with E-state index in [0.29, 0.717) is 5.56 Å². The third-order valence-electron chi connectivity index (χ3n) is 3.99. The van der Waals surface area contributed by atoms with Crippen molar-refractivity contribution < 1.29 is 32.6 Å². The van der Waals surface area contributed by atoms with E-state index in [9.17, 15) is 22.8 Å². The van der Waals surface area contributed by atoms with Gasteiger partial charge in [0, 0.05) is 6.54 Å². The zero-order valence-corrected chi connectivity index (χ0v) is 15.6. The molecule has 2 aromatic rings. The third-order valence-corrected chi connectivity index (χ3v) is 3.99. The highest BCUT2D eigenvalue weighted by Gasteiger charge is 2.34. The van der Waals surface area contributed by atoms with Gasteiger partial charge in [0.2, 0.25) is 0 Å². The molecule has 2 amide bonds. The molecule has 6 nitrogen and oxygen atoms in total. The molecule has 0 unspecified atom stereocenters. The number of ether oxygens (including phenoxy) is 1. The molecule has 2 rings (SSSR count). The molecule has 0 aliphatic heterocycles. The first-order valence-electron chi connectivity index (χ1n) is 8.76. The van der Waals surface area contributed by atoms with Crippen molar-refractivity contribution in [2.45, 2.75) is 19.2 Å². The van der Waals surface area contributed by atoms with E-state index >= 15 is 0 Å². The molecular weight excluding hydrogens is 389 g/mol. The van der Waals surface area contributed by atoms with Gasteiger partial charge in [0.1, 0.15) is 0 Å². The maximum absolute atomic E-state index is 13.0. The van der Waals surface area contributed by atoms with Crippen molar-refractivity contribution in [2.75, 3.05) is 25.1 Å². The molecule has 0 fully saturated rings. The Morgan fingerprint density at radius 2 is 1.72 bits per heavy atom. The minimum Gasteiger partial charge on any atom is -0.394 e. The van der Waals surface area contributed by atoms with Crippen LogP contribution in [-0.2, 0) is 20.5 Å². The number of para-hydroxylation sites is 1. The second kappa shape index (κ2) is 10.0. The standard InChI is InChI=1S/C20H21F3N2O4/c1-13-6-8-14(9-7-13)17(29-11-10-26)12-24-18(27)19(28)25-16-5-3-2-4-15(16)20(21,22)23/h2-9,17,26H,10-12H2,1H3,(H,24,27)(H,25,28)/t17-/m1/s1. The van der Waals surface area contributed by atoms with Crippen LogP contribution in [0, 0.1) is 6.92 Å². The summed E-state index contributed by atoms with van der Waals surface area (Å²) in [6, 6.07) is 11.6. The molecule has 0 bridgehead atoms. The Hall–Kier alpha value is -2.91. The summed E-state index contributed by atoms with van der Waals surface area (Å²) in [5, 5.41) is 13.3. The fraction of sp³-hybridized carbons (Fsp3) is 0.300. The summed E-state index contributed by atoms with van der Waals surface area (Å²) in [6.45, 7) is 1.58. The summed E-state index contributed by atoms with van der Waals surface area (Å²) >= 11 is 0. The van der Waals surface area contributed by atoms with Crippen LogP contribution in [0.5, 0.6) is 0 Å². The first-order valence-corrected chi connectivity index (χ1v) is 8.76. The summed E-state index contributed by atoms with van der Waals surface area (Å²) in [6.07, 6.45) is -5.31. The van der Waals surface area contributed by atoms with Crippen LogP contribution in [0.2, 0.25) is 0 Å². The first kappa shape index (κ1) is 22.4. The summed E-state index contributed by atoms with van der Waals surface area (Å²) in [7, 11) is 0. The Bertz CT molecular complexity index is 838. The molecule has 0 heterocycles. The summed E-state index contributed by atoms with van der Waals surface area (Å²) in [5.74, 6) is -2.33. The van der Waals surface area contributed by atoms with Crippen LogP contribution in [0.3, 0.4) is 0 Å². The van der Waals surface area contributed by atoms with E-state index in [1.807, 2.05) is 24.4 Å². The number of alkyl halides is 3. The van der Waals surface area contributed by atoms with Gasteiger partial charge in [0.15, 0.2) is 0 Å². The van der Waals surface area contributed by atoms with Gasteiger partial charge >= 0.3 is 18.0 Å². The lowest BCUT2D eigenvalue weighted by Crippen LogP contribution is -2.38. The Kier molecular flexibility index (Phi) is 7.74. The van der Waals surface area contributed by atoms with E-state index in [4.69, 9.17) is 9.84 Å². The number of hydrogen-bond donors (Lipinski definition) is 3. The molecule has 156 valence electrons. The van der Waals surface area contributed by atoms with Gasteiger partial charge in [-0.3, -0.25) is 9.59 Å². The molecule has 0 spiro atoms. The Morgan fingerprint density at radius 3 is 2.34 bits per heavy atom. The predicted octanol–water partition coefficient (Wildman–Crippen LogP) is 2.82. The summed E-state index contributed by atoms with van der Waals surface area (Å²) in [4.78, 5) is 24.1. The number of carbonyl (C=O) groups excluding carboxylic acids is 2. The minimum atomic E-state index is -4.67. The fourth-order valence-corrected chi connectivity index (χ4v) is 2.53. The number of benzene rings is 2. The molecule has 2 aromatic carbocycles. The van der Waals surface area contributed by atoms with Crippen molar-refractivity contribution in [2.24, 2.45) is 0 Å². The summed E-state index contributed by atoms with van der Waals surface area (Å²) < 4.78 is 44.5. The largest absolute Gasteiger partial charge is 0.418 e. The number of aryl methyl sites for hydroxylation is 1. The van der Waals surface area contributed by atoms with Crippen LogP contribution in [0.25, 0.3) is 0 Å². The predicted molar refractivity (Wildman–Crippen MR) is 100 cm³/mol. The monoisotopic (exact) mass is 410 g/mol. The minimum absolute atomic E-state index is 0.0135. The van der Waals surface area contributed by atoms with Gasteiger partial charge in [-0.25, -0.2) is 0 Å². The smallest absolute Gasteiger partial charge is 0.394 e. The van der Waals surface area contributed by atoms with Crippen LogP contribution in [-0.4, -0.2) is 36.7 Å². The second-order valence-electron chi connectivity index (χ2n) is 6.20. The lowest BCUT2D eigenvalue weighted by Gasteiger charge is -2.19. The number of anilines is 1. The van der Waals surface area contributed by atoms with Crippen LogP contribution < -0.4 is 10.6 Å². The first-order chi connectivity index (χ1) is 13.7. The van der Waals surface area contributed by atoms with E-state index in [0.717, 1.165) is 17.7 Å². The zero-order valence-electron chi connectivity index (χ0n) is 15.6. The molecule has 0 saturated heterocycles. The highest BCUT2D eigenvalue weighted by Crippen LogP contribution is 2.34. The highest BCUT2D eigenvalue weighted by atomic mass is 19.4. The lowest BCUT2D eigenvalue weighted by molar-refractivity contribution is -0.138. The van der Waals surface area contributed by atoms with Gasteiger partial charge in [-0.1, -0.05) is 42.0 Å². The van der Waals surface area contributed by atoms with Crippen molar-refractivity contribution in [3.63, 3.8) is 0 Å². The number of aliphatic hydroxyl groups is 1. The number of aliphatic hydroxyl groups excluding tert-OH is 1. The Labute approximate surface area is 165 Å². The van der Waals surface area contributed by atoms with E-state index < -0.39 is 35.3 Å². The van der Waals surface area contributed by atoms with Crippen molar-refractivity contribution >= 4 is 17.5 Å². The van der Waals surface area contributed by atoms with Crippen LogP contribution >= 0.6 is 0 Å². The maximum atomic E-state index is 13.0. The number of hydrogen-bond acceptors (Lipinski definition) is 4. The molecule has 9 heteroatoms. The Balaban J connectivity index is 2.03. The highest BCUT2D eigenvalue weighted by molar-refractivity contribution is 6.39. The van der Waals surface area contributed by atoms with Crippen LogP contribution in [0.15, 0.2) is 48.5 Å². The molecule has 0 aliphatic rings. The normalized spacial score (nSPS) is 12.3. The van der Waals surface area contributed by atoms with E-state index in [1.165, 1.54) is 12.1 Å². The van der Waals surface area contributed by atoms with E-state index in [-0.39, 0.29) is 19.8 Å². The molecule has 1 atom stereocenters. The molecular formula is C20H21F3N2O4. The fourth-order valence-electron chi connectivity index (χ4n) is 2.53. The van der Waals surface area contributed by atoms with Gasteiger partial charge in [0.05, 0.1) is 30.6 Å². The average molecular weight is 410 g/mol. The Morgan fingerprint density at radius 1 is 1.07 bits per heavy atom. The van der Waals surface area contributed by atoms with Gasteiger partial charge in [-0.2, -0.15) is 13.2 Å².